The molecule has 1 fully saturated rings. The largest absolute Gasteiger partial charge is 0.495 e. The first kappa shape index (κ1) is 24.9. The predicted molar refractivity (Wildman–Crippen MR) is 135 cm³/mol. The lowest BCUT2D eigenvalue weighted by Crippen LogP contribution is -2.49. The number of methoxy groups -OCH3 is 1. The Kier molecular flexibility index (Phi) is 6.99. The van der Waals surface area contributed by atoms with Crippen LogP contribution in [0.5, 0.6) is 5.75 Å². The molecular weight excluding hydrogens is 467 g/mol. The smallest absolute Gasteiger partial charge is 0.229 e. The highest BCUT2D eigenvalue weighted by Gasteiger charge is 2.42. The van der Waals surface area contributed by atoms with E-state index in [1.54, 1.807) is 24.4 Å². The summed E-state index contributed by atoms with van der Waals surface area (Å²) >= 11 is 6.05. The Morgan fingerprint density at radius 3 is 2.74 bits per heavy atom. The first-order valence-corrected chi connectivity index (χ1v) is 12.0. The Labute approximate surface area is 210 Å². The molecule has 0 spiro atoms. The van der Waals surface area contributed by atoms with Gasteiger partial charge in [0.05, 0.1) is 36.3 Å². The quantitative estimate of drug-likeness (QED) is 0.400. The van der Waals surface area contributed by atoms with Crippen molar-refractivity contribution < 1.29 is 13.9 Å². The number of rotatable bonds is 7. The minimum Gasteiger partial charge on any atom is -0.495 e. The lowest BCUT2D eigenvalue weighted by atomic mass is 9.75. The average molecular weight is 497 g/mol. The molecule has 184 valence electrons. The number of carbonyl (C=O) groups is 1. The van der Waals surface area contributed by atoms with E-state index in [1.807, 2.05) is 49.7 Å². The summed E-state index contributed by atoms with van der Waals surface area (Å²) in [6, 6.07) is 9.67. The average Bonchev–Trinajstić information content (AvgIpc) is 3.25. The summed E-state index contributed by atoms with van der Waals surface area (Å²) in [4.78, 5) is 19.7. The zero-order valence-electron chi connectivity index (χ0n) is 20.4. The molecule has 1 saturated heterocycles. The summed E-state index contributed by atoms with van der Waals surface area (Å²) < 4.78 is 21.4. The van der Waals surface area contributed by atoms with E-state index in [-0.39, 0.29) is 11.9 Å². The highest BCUT2D eigenvalue weighted by molar-refractivity contribution is 6.30. The van der Waals surface area contributed by atoms with Crippen LogP contribution >= 0.6 is 11.6 Å². The fourth-order valence-electron chi connectivity index (χ4n) is 4.85. The Morgan fingerprint density at radius 2 is 2.09 bits per heavy atom. The van der Waals surface area contributed by atoms with Gasteiger partial charge in [-0.1, -0.05) is 24.6 Å². The normalized spacial score (nSPS) is 19.0. The van der Waals surface area contributed by atoms with Gasteiger partial charge in [0.2, 0.25) is 5.91 Å². The van der Waals surface area contributed by atoms with Crippen molar-refractivity contribution in [3.8, 4) is 11.4 Å². The number of imidazole rings is 1. The number of hydrogen-bond acceptors (Lipinski definition) is 4. The van der Waals surface area contributed by atoms with Gasteiger partial charge in [-0.25, -0.2) is 9.37 Å². The van der Waals surface area contributed by atoms with Crippen LogP contribution in [0.15, 0.2) is 48.9 Å². The van der Waals surface area contributed by atoms with Crippen LogP contribution in [-0.4, -0.2) is 39.7 Å². The van der Waals surface area contributed by atoms with Gasteiger partial charge in [-0.15, -0.1) is 0 Å². The van der Waals surface area contributed by atoms with Crippen LogP contribution in [0.1, 0.15) is 56.0 Å². The Morgan fingerprint density at radius 1 is 1.31 bits per heavy atom. The monoisotopic (exact) mass is 496 g/mol. The van der Waals surface area contributed by atoms with Gasteiger partial charge in [0, 0.05) is 29.9 Å². The number of hydrogen-bond donors (Lipinski definition) is 1. The topological polar surface area (TPSA) is 71.2 Å². The number of likely N-dealkylation sites (tertiary alicyclic amines) is 1. The number of halogens is 2. The minimum atomic E-state index is -0.728. The number of ether oxygens (including phenoxy) is 1. The van der Waals surface area contributed by atoms with E-state index in [1.165, 1.54) is 12.1 Å². The highest BCUT2D eigenvalue weighted by atomic mass is 35.5. The zero-order valence-corrected chi connectivity index (χ0v) is 21.2. The SMILES string of the molecule is COc1cc(C(=N)CC2(C)CCCN(C(C)c3cc(F)cc(Cl)c3)C2=O)ccc1-n1cnc(C)c1. The molecule has 1 amide bonds. The third-order valence-corrected chi connectivity index (χ3v) is 7.04. The van der Waals surface area contributed by atoms with Gasteiger partial charge in [-0.05, 0) is 68.1 Å². The molecule has 0 bridgehead atoms. The molecule has 6 nitrogen and oxygen atoms in total. The summed E-state index contributed by atoms with van der Waals surface area (Å²) in [7, 11) is 1.60. The van der Waals surface area contributed by atoms with Crippen molar-refractivity contribution in [1.29, 1.82) is 5.41 Å². The molecule has 0 radical (unpaired) electrons. The van der Waals surface area contributed by atoms with Crippen molar-refractivity contribution in [1.82, 2.24) is 14.5 Å². The van der Waals surface area contributed by atoms with Gasteiger partial charge in [0.15, 0.2) is 0 Å². The number of amides is 1. The molecule has 2 heterocycles. The van der Waals surface area contributed by atoms with Crippen molar-refractivity contribution in [3.05, 3.63) is 76.6 Å². The highest BCUT2D eigenvalue weighted by Crippen LogP contribution is 2.39. The third kappa shape index (κ3) is 5.10. The maximum absolute atomic E-state index is 13.9. The van der Waals surface area contributed by atoms with Crippen LogP contribution in [0, 0.1) is 23.6 Å². The van der Waals surface area contributed by atoms with Crippen LogP contribution in [0.25, 0.3) is 5.69 Å². The number of nitrogens with one attached hydrogen (secondary N) is 1. The molecule has 35 heavy (non-hydrogen) atoms. The van der Waals surface area contributed by atoms with Crippen LogP contribution in [0.2, 0.25) is 5.02 Å². The molecule has 1 aliphatic heterocycles. The third-order valence-electron chi connectivity index (χ3n) is 6.82. The van der Waals surface area contributed by atoms with E-state index in [9.17, 15) is 9.18 Å². The Bertz CT molecular complexity index is 1250. The lowest BCUT2D eigenvalue weighted by Gasteiger charge is -2.42. The van der Waals surface area contributed by atoms with Crippen LogP contribution in [0.3, 0.4) is 0 Å². The van der Waals surface area contributed by atoms with Gasteiger partial charge < -0.3 is 19.6 Å². The van der Waals surface area contributed by atoms with Crippen molar-refractivity contribution in [3.63, 3.8) is 0 Å². The molecule has 2 unspecified atom stereocenters. The first-order valence-electron chi connectivity index (χ1n) is 11.6. The van der Waals surface area contributed by atoms with E-state index >= 15 is 0 Å². The van der Waals surface area contributed by atoms with E-state index < -0.39 is 11.2 Å². The second kappa shape index (κ2) is 9.82. The van der Waals surface area contributed by atoms with E-state index in [0.29, 0.717) is 47.0 Å². The standard InChI is InChI=1S/C27H30ClFN4O2/c1-17-15-32(16-31-17)24-7-6-19(12-25(24)35-4)23(30)14-27(3)8-5-9-33(26(27)34)18(2)20-10-21(28)13-22(29)11-20/h6-7,10-13,15-16,18,30H,5,8-9,14H2,1-4H3. The van der Waals surface area contributed by atoms with Crippen LogP contribution in [0.4, 0.5) is 4.39 Å². The molecule has 2 atom stereocenters. The number of carbonyl (C=O) groups excluding carboxylic acids is 1. The van der Waals surface area contributed by atoms with E-state index in [2.05, 4.69) is 4.98 Å². The second-order valence-corrected chi connectivity index (χ2v) is 9.94. The van der Waals surface area contributed by atoms with Gasteiger partial charge >= 0.3 is 0 Å². The van der Waals surface area contributed by atoms with E-state index in [0.717, 1.165) is 17.8 Å². The molecule has 3 aromatic rings. The fraction of sp³-hybridized carbons (Fsp3) is 0.370. The summed E-state index contributed by atoms with van der Waals surface area (Å²) in [5, 5.41) is 9.12. The molecule has 0 aliphatic carbocycles. The predicted octanol–water partition coefficient (Wildman–Crippen LogP) is 6.13. The van der Waals surface area contributed by atoms with Crippen LogP contribution < -0.4 is 4.74 Å². The molecule has 0 saturated carbocycles. The van der Waals surface area contributed by atoms with Crippen molar-refractivity contribution in [2.45, 2.75) is 46.1 Å². The number of benzene rings is 2. The molecular formula is C27H30ClFN4O2. The molecule has 1 N–H and O–H groups in total. The van der Waals surface area contributed by atoms with Gasteiger partial charge in [-0.3, -0.25) is 4.79 Å². The molecule has 1 aliphatic rings. The van der Waals surface area contributed by atoms with Crippen molar-refractivity contribution in [2.24, 2.45) is 5.41 Å². The van der Waals surface area contributed by atoms with Gasteiger partial charge in [0.25, 0.3) is 0 Å². The fourth-order valence-corrected chi connectivity index (χ4v) is 5.08. The molecule has 8 heteroatoms. The summed E-state index contributed by atoms with van der Waals surface area (Å²) in [6.07, 6.45) is 5.43. The maximum atomic E-state index is 13.9. The lowest BCUT2D eigenvalue weighted by molar-refractivity contribution is -0.147. The second-order valence-electron chi connectivity index (χ2n) is 9.51. The Balaban J connectivity index is 1.55. The maximum Gasteiger partial charge on any atom is 0.229 e. The molecule has 2 aromatic carbocycles. The molecule has 1 aromatic heterocycles. The summed E-state index contributed by atoms with van der Waals surface area (Å²) in [5.74, 6) is 0.179. The minimum absolute atomic E-state index is 0.0288. The summed E-state index contributed by atoms with van der Waals surface area (Å²) in [5.41, 5.74) is 2.74. The number of nitrogens with zero attached hydrogens (tertiary/aromatic N) is 3. The number of aromatic nitrogens is 2. The van der Waals surface area contributed by atoms with Gasteiger partial charge in [-0.2, -0.15) is 0 Å². The summed E-state index contributed by atoms with van der Waals surface area (Å²) in [6.45, 7) is 6.31. The molecule has 4 rings (SSSR count). The number of aryl methyl sites for hydroxylation is 1. The number of piperidine rings is 1. The van der Waals surface area contributed by atoms with E-state index in [4.69, 9.17) is 21.7 Å². The first-order chi connectivity index (χ1) is 16.6. The van der Waals surface area contributed by atoms with Crippen LogP contribution in [-0.2, 0) is 4.79 Å². The van der Waals surface area contributed by atoms with Crippen molar-refractivity contribution in [2.75, 3.05) is 13.7 Å². The van der Waals surface area contributed by atoms with Gasteiger partial charge in [0.1, 0.15) is 11.6 Å². The Hall–Kier alpha value is -3.19. The zero-order chi connectivity index (χ0) is 25.3. The van der Waals surface area contributed by atoms with Crippen molar-refractivity contribution >= 4 is 23.2 Å².